The zero-order valence-electron chi connectivity index (χ0n) is 13.2. The molecule has 0 saturated heterocycles. The predicted octanol–water partition coefficient (Wildman–Crippen LogP) is 4.76. The Labute approximate surface area is 152 Å². The van der Waals surface area contributed by atoms with Gasteiger partial charge in [-0.3, -0.25) is 4.52 Å². The Morgan fingerprint density at radius 2 is 1.88 bits per heavy atom. The van der Waals surface area contributed by atoms with Crippen LogP contribution in [-0.4, -0.2) is 15.1 Å². The highest BCUT2D eigenvalue weighted by atomic mass is 35.5. The Morgan fingerprint density at radius 1 is 1.08 bits per heavy atom. The highest BCUT2D eigenvalue weighted by Gasteiger charge is 2.14. The second kappa shape index (κ2) is 6.97. The summed E-state index contributed by atoms with van der Waals surface area (Å²) in [5, 5.41) is 4.35. The van der Waals surface area contributed by atoms with E-state index in [0.29, 0.717) is 33.6 Å². The lowest BCUT2D eigenvalue weighted by Gasteiger charge is -1.97. The smallest absolute Gasteiger partial charge is 0.418 e. The van der Waals surface area contributed by atoms with Gasteiger partial charge in [-0.25, -0.2) is 9.37 Å². The molecule has 4 rings (SSSR count). The molecule has 0 amide bonds. The zero-order chi connectivity index (χ0) is 17.9. The van der Waals surface area contributed by atoms with Gasteiger partial charge in [-0.1, -0.05) is 28.9 Å². The van der Waals surface area contributed by atoms with Crippen LogP contribution in [0, 0.1) is 5.82 Å². The van der Waals surface area contributed by atoms with Crippen LogP contribution in [0.25, 0.3) is 22.7 Å². The van der Waals surface area contributed by atoms with Crippen LogP contribution in [0.3, 0.4) is 0 Å². The Hall–Kier alpha value is -3.19. The lowest BCUT2D eigenvalue weighted by molar-refractivity contribution is 0.177. The Balaban J connectivity index is 1.44. The van der Waals surface area contributed by atoms with Crippen LogP contribution in [0.1, 0.15) is 5.89 Å². The largest absolute Gasteiger partial charge is 0.439 e. The summed E-state index contributed by atoms with van der Waals surface area (Å²) in [5.74, 6) is 0.834. The van der Waals surface area contributed by atoms with Crippen LogP contribution in [-0.2, 0) is 6.61 Å². The quantitative estimate of drug-likeness (QED) is 0.503. The summed E-state index contributed by atoms with van der Waals surface area (Å²) in [4.78, 5) is 8.25. The van der Waals surface area contributed by atoms with Crippen molar-refractivity contribution in [2.45, 2.75) is 6.61 Å². The third-order valence-corrected chi connectivity index (χ3v) is 3.85. The van der Waals surface area contributed by atoms with E-state index in [-0.39, 0.29) is 18.5 Å². The second-order valence-electron chi connectivity index (χ2n) is 5.28. The molecule has 0 spiro atoms. The molecular weight excluding hydrogens is 361 g/mol. The summed E-state index contributed by atoms with van der Waals surface area (Å²) < 4.78 is 29.0. The molecule has 0 saturated carbocycles. The van der Waals surface area contributed by atoms with Crippen molar-refractivity contribution in [2.24, 2.45) is 0 Å². The molecule has 0 fully saturated rings. The Bertz CT molecular complexity index is 1030. The number of benzene rings is 2. The summed E-state index contributed by atoms with van der Waals surface area (Å²) in [6.07, 6.45) is 1.51. The van der Waals surface area contributed by atoms with Gasteiger partial charge in [0.1, 0.15) is 5.82 Å². The summed E-state index contributed by atoms with van der Waals surface area (Å²) in [6.45, 7) is 0.00531. The van der Waals surface area contributed by atoms with Gasteiger partial charge in [0.25, 0.3) is 0 Å². The van der Waals surface area contributed by atoms with Gasteiger partial charge in [-0.05, 0) is 36.4 Å². The van der Waals surface area contributed by atoms with Crippen molar-refractivity contribution in [2.75, 3.05) is 0 Å². The van der Waals surface area contributed by atoms with Crippen molar-refractivity contribution in [3.05, 3.63) is 71.5 Å². The molecule has 0 aliphatic heterocycles. The summed E-state index contributed by atoms with van der Waals surface area (Å²) in [7, 11) is 0. The molecule has 0 radical (unpaired) electrons. The van der Waals surface area contributed by atoms with Crippen molar-refractivity contribution in [1.82, 2.24) is 15.1 Å². The van der Waals surface area contributed by atoms with Gasteiger partial charge in [0, 0.05) is 11.1 Å². The minimum atomic E-state index is -0.317. The zero-order valence-corrected chi connectivity index (χ0v) is 14.0. The van der Waals surface area contributed by atoms with E-state index in [9.17, 15) is 4.39 Å². The maximum atomic E-state index is 13.0. The fraction of sp³-hybridized carbons (Fsp3) is 0.0556. The number of hydrogen-bond donors (Lipinski definition) is 0. The molecule has 0 bridgehead atoms. The van der Waals surface area contributed by atoms with E-state index >= 15 is 0 Å². The summed E-state index contributed by atoms with van der Waals surface area (Å²) >= 11 is 6.10. The minimum Gasteiger partial charge on any atom is -0.439 e. The molecule has 26 heavy (non-hydrogen) atoms. The lowest BCUT2D eigenvalue weighted by atomic mass is 10.2. The number of ether oxygens (including phenoxy) is 1. The molecule has 2 heterocycles. The van der Waals surface area contributed by atoms with Gasteiger partial charge in [0.05, 0.1) is 11.2 Å². The average Bonchev–Trinajstić information content (AvgIpc) is 3.30. The van der Waals surface area contributed by atoms with Gasteiger partial charge < -0.3 is 9.15 Å². The third kappa shape index (κ3) is 3.43. The minimum absolute atomic E-state index is 0.00531. The highest BCUT2D eigenvalue weighted by Crippen LogP contribution is 2.27. The third-order valence-electron chi connectivity index (χ3n) is 3.52. The number of rotatable bonds is 5. The first-order valence-corrected chi connectivity index (χ1v) is 7.99. The van der Waals surface area contributed by atoms with Crippen LogP contribution in [0.15, 0.2) is 63.7 Å². The molecule has 0 aliphatic rings. The Kier molecular flexibility index (Phi) is 4.37. The van der Waals surface area contributed by atoms with Crippen LogP contribution in [0.5, 0.6) is 6.08 Å². The summed E-state index contributed by atoms with van der Waals surface area (Å²) in [6, 6.07) is 13.1. The van der Waals surface area contributed by atoms with Crippen molar-refractivity contribution in [1.29, 1.82) is 0 Å². The number of oxazole rings is 1. The van der Waals surface area contributed by atoms with Crippen molar-refractivity contribution in [3.8, 4) is 28.8 Å². The molecule has 0 aliphatic carbocycles. The maximum absolute atomic E-state index is 13.0. The number of aromatic nitrogens is 3. The van der Waals surface area contributed by atoms with Gasteiger partial charge in [0.15, 0.2) is 12.4 Å². The first-order valence-electron chi connectivity index (χ1n) is 7.61. The molecule has 4 aromatic rings. The molecule has 6 nitrogen and oxygen atoms in total. The maximum Gasteiger partial charge on any atom is 0.418 e. The monoisotopic (exact) mass is 371 g/mol. The molecule has 0 unspecified atom stereocenters. The van der Waals surface area contributed by atoms with Crippen molar-refractivity contribution < 1.29 is 18.1 Å². The predicted molar refractivity (Wildman–Crippen MR) is 91.0 cm³/mol. The molecule has 2 aromatic carbocycles. The molecule has 0 atom stereocenters. The normalized spacial score (nSPS) is 10.8. The topological polar surface area (TPSA) is 74.2 Å². The number of halogens is 2. The van der Waals surface area contributed by atoms with E-state index in [1.54, 1.807) is 24.3 Å². The van der Waals surface area contributed by atoms with Gasteiger partial charge in [-0.2, -0.15) is 4.98 Å². The SMILES string of the molecule is Fc1ccc(-c2cnc(COc3nc(-c4ccccc4Cl)no3)o2)cc1. The van der Waals surface area contributed by atoms with Gasteiger partial charge >= 0.3 is 6.08 Å². The fourth-order valence-electron chi connectivity index (χ4n) is 2.27. The van der Waals surface area contributed by atoms with Gasteiger partial charge in [0.2, 0.25) is 11.7 Å². The Morgan fingerprint density at radius 3 is 2.69 bits per heavy atom. The van der Waals surface area contributed by atoms with E-state index in [1.807, 2.05) is 12.1 Å². The average molecular weight is 372 g/mol. The molecule has 8 heteroatoms. The molecular formula is C18H11ClFN3O3. The highest BCUT2D eigenvalue weighted by molar-refractivity contribution is 6.33. The van der Waals surface area contributed by atoms with Crippen LogP contribution >= 0.6 is 11.6 Å². The number of nitrogens with zero attached hydrogens (tertiary/aromatic N) is 3. The molecule has 130 valence electrons. The van der Waals surface area contributed by atoms with Crippen LogP contribution < -0.4 is 4.74 Å². The van der Waals surface area contributed by atoms with Crippen LogP contribution in [0.2, 0.25) is 5.02 Å². The summed E-state index contributed by atoms with van der Waals surface area (Å²) in [5.41, 5.74) is 1.35. The fourth-order valence-corrected chi connectivity index (χ4v) is 2.49. The van der Waals surface area contributed by atoms with Gasteiger partial charge in [-0.15, -0.1) is 0 Å². The standard InChI is InChI=1S/C18H11ClFN3O3/c19-14-4-2-1-3-13(14)17-22-18(26-23-17)24-10-16-21-9-15(25-16)11-5-7-12(20)8-6-11/h1-9H,10H2. The van der Waals surface area contributed by atoms with E-state index < -0.39 is 0 Å². The van der Waals surface area contributed by atoms with Crippen LogP contribution in [0.4, 0.5) is 4.39 Å². The lowest BCUT2D eigenvalue weighted by Crippen LogP contribution is -1.95. The second-order valence-corrected chi connectivity index (χ2v) is 5.68. The first kappa shape index (κ1) is 16.3. The van der Waals surface area contributed by atoms with E-state index in [1.165, 1.54) is 18.3 Å². The van der Waals surface area contributed by atoms with Crippen molar-refractivity contribution in [3.63, 3.8) is 0 Å². The van der Waals surface area contributed by atoms with E-state index in [2.05, 4.69) is 15.1 Å². The van der Waals surface area contributed by atoms with E-state index in [4.69, 9.17) is 25.3 Å². The van der Waals surface area contributed by atoms with E-state index in [0.717, 1.165) is 0 Å². The molecule has 2 aromatic heterocycles. The molecule has 0 N–H and O–H groups in total. The number of hydrogen-bond acceptors (Lipinski definition) is 6. The van der Waals surface area contributed by atoms with Crippen molar-refractivity contribution >= 4 is 11.6 Å². The first-order chi connectivity index (χ1) is 12.7.